The lowest BCUT2D eigenvalue weighted by molar-refractivity contribution is -0.659. The minimum Gasteiger partial charge on any atom is -0.456 e. The van der Waals surface area contributed by atoms with Gasteiger partial charge < -0.3 is 8.83 Å². The molecule has 0 bridgehead atoms. The van der Waals surface area contributed by atoms with Crippen LogP contribution < -0.4 is 4.57 Å². The van der Waals surface area contributed by atoms with Crippen molar-refractivity contribution in [1.29, 1.82) is 0 Å². The molecule has 0 radical (unpaired) electrons. The number of aryl methyl sites for hydroxylation is 2. The van der Waals surface area contributed by atoms with Crippen LogP contribution in [0.1, 0.15) is 56.2 Å². The van der Waals surface area contributed by atoms with Gasteiger partial charge in [0, 0.05) is 32.7 Å². The Morgan fingerprint density at radius 1 is 0.549 bits per heavy atom. The van der Waals surface area contributed by atoms with E-state index < -0.39 is 0 Å². The maximum absolute atomic E-state index is 6.90. The highest BCUT2D eigenvalue weighted by Crippen LogP contribution is 2.41. The van der Waals surface area contributed by atoms with Gasteiger partial charge in [0.15, 0.2) is 5.58 Å². The number of benzene rings is 6. The van der Waals surface area contributed by atoms with Crippen LogP contribution in [-0.4, -0.2) is 4.57 Å². The molecule has 4 nitrogen and oxygen atoms in total. The Morgan fingerprint density at radius 2 is 1.16 bits per heavy atom. The number of nitrogens with zero attached hydrogens (tertiary/aromatic N) is 2. The highest BCUT2D eigenvalue weighted by atomic mass is 16.3. The summed E-state index contributed by atoms with van der Waals surface area (Å²) in [6.45, 7) is 11.3. The van der Waals surface area contributed by atoms with Crippen molar-refractivity contribution >= 4 is 43.9 Å². The van der Waals surface area contributed by atoms with Gasteiger partial charge in [-0.3, -0.25) is 0 Å². The summed E-state index contributed by atoms with van der Waals surface area (Å²) in [5.41, 5.74) is 14.4. The molecule has 3 heterocycles. The molecule has 4 heteroatoms. The minimum absolute atomic E-state index is 0.381. The average Bonchev–Trinajstić information content (AvgIpc) is 3.83. The summed E-state index contributed by atoms with van der Waals surface area (Å²) in [6.07, 6.45) is 4.37. The molecule has 0 saturated heterocycles. The van der Waals surface area contributed by atoms with Gasteiger partial charge in [-0.25, -0.2) is 4.57 Å². The Hall–Kier alpha value is -5.87. The SMILES string of the molecule is Cc1ccc2c(oc3cc(-c4ccc5oc6cc(-c7ccccc7)ccc6c5c4)ccc32)c1-c1n(-c2c(C(C)C)cccc2C(C)C)cc[n+]1C. The van der Waals surface area contributed by atoms with Crippen molar-refractivity contribution in [3.63, 3.8) is 0 Å². The van der Waals surface area contributed by atoms with Crippen LogP contribution in [0.3, 0.4) is 0 Å². The molecule has 0 aliphatic rings. The largest absolute Gasteiger partial charge is 0.456 e. The molecule has 0 unspecified atom stereocenters. The predicted molar refractivity (Wildman–Crippen MR) is 211 cm³/mol. The van der Waals surface area contributed by atoms with Crippen molar-refractivity contribution in [1.82, 2.24) is 4.57 Å². The average molecular weight is 666 g/mol. The van der Waals surface area contributed by atoms with E-state index in [9.17, 15) is 0 Å². The van der Waals surface area contributed by atoms with Crippen molar-refractivity contribution in [2.45, 2.75) is 46.5 Å². The maximum atomic E-state index is 6.90. The zero-order chi connectivity index (χ0) is 35.0. The van der Waals surface area contributed by atoms with Gasteiger partial charge in [-0.2, -0.15) is 4.57 Å². The first-order valence-corrected chi connectivity index (χ1v) is 18.0. The Kier molecular flexibility index (Phi) is 7.25. The summed E-state index contributed by atoms with van der Waals surface area (Å²) in [6, 6.07) is 41.2. The number of imidazole rings is 1. The third-order valence-corrected chi connectivity index (χ3v) is 10.6. The van der Waals surface area contributed by atoms with Crippen LogP contribution in [0.5, 0.6) is 0 Å². The number of aromatic nitrogens is 2. The van der Waals surface area contributed by atoms with Crippen LogP contribution in [0, 0.1) is 6.92 Å². The number of furan rings is 2. The predicted octanol–water partition coefficient (Wildman–Crippen LogP) is 12.7. The van der Waals surface area contributed by atoms with Crippen molar-refractivity contribution in [3.8, 4) is 39.3 Å². The van der Waals surface area contributed by atoms with Crippen LogP contribution in [-0.2, 0) is 7.05 Å². The molecular weight excluding hydrogens is 625 g/mol. The first kappa shape index (κ1) is 31.1. The quantitative estimate of drug-likeness (QED) is 0.166. The second-order valence-corrected chi connectivity index (χ2v) is 14.5. The molecule has 0 aliphatic heterocycles. The smallest absolute Gasteiger partial charge is 0.297 e. The van der Waals surface area contributed by atoms with Crippen LogP contribution in [0.2, 0.25) is 0 Å². The van der Waals surface area contributed by atoms with E-state index >= 15 is 0 Å². The standard InChI is InChI=1S/C47H41N2O2/c1-28(2)35-13-10-14-36(29(3)4)45(35)49-24-23-48(6)47(49)44-30(5)15-19-39-37-20-17-34(27-43(37)51-46(39)44)32-18-22-41-40(25-32)38-21-16-33(26-42(38)50-41)31-11-8-7-9-12-31/h7-29H,1-6H3/q+1. The summed E-state index contributed by atoms with van der Waals surface area (Å²) in [5.74, 6) is 1.87. The van der Waals surface area contributed by atoms with Crippen LogP contribution in [0.15, 0.2) is 136 Å². The second kappa shape index (κ2) is 11.9. The lowest BCUT2D eigenvalue weighted by Gasteiger charge is -2.18. The molecule has 6 aromatic carbocycles. The number of para-hydroxylation sites is 1. The van der Waals surface area contributed by atoms with Crippen LogP contribution >= 0.6 is 0 Å². The summed E-state index contributed by atoms with van der Waals surface area (Å²) in [4.78, 5) is 0. The zero-order valence-corrected chi connectivity index (χ0v) is 30.0. The molecule has 250 valence electrons. The topological polar surface area (TPSA) is 35.1 Å². The second-order valence-electron chi connectivity index (χ2n) is 14.5. The fraction of sp³-hybridized carbons (Fsp3) is 0.170. The highest BCUT2D eigenvalue weighted by Gasteiger charge is 2.29. The number of hydrogen-bond donors (Lipinski definition) is 0. The number of fused-ring (bicyclic) bond motifs is 6. The molecule has 9 rings (SSSR count). The van der Waals surface area contributed by atoms with E-state index in [2.05, 4.69) is 172 Å². The minimum atomic E-state index is 0.381. The van der Waals surface area contributed by atoms with E-state index in [0.29, 0.717) is 11.8 Å². The molecule has 9 aromatic rings. The van der Waals surface area contributed by atoms with E-state index in [1.165, 1.54) is 27.9 Å². The van der Waals surface area contributed by atoms with Gasteiger partial charge in [0.25, 0.3) is 5.82 Å². The third-order valence-electron chi connectivity index (χ3n) is 10.6. The molecule has 0 fully saturated rings. The van der Waals surface area contributed by atoms with Crippen molar-refractivity contribution in [2.24, 2.45) is 7.05 Å². The van der Waals surface area contributed by atoms with Crippen molar-refractivity contribution in [3.05, 3.63) is 144 Å². The van der Waals surface area contributed by atoms with Gasteiger partial charge in [0.2, 0.25) is 0 Å². The van der Waals surface area contributed by atoms with E-state index in [1.807, 2.05) is 6.07 Å². The lowest BCUT2D eigenvalue weighted by atomic mass is 9.92. The van der Waals surface area contributed by atoms with Crippen molar-refractivity contribution in [2.75, 3.05) is 0 Å². The maximum Gasteiger partial charge on any atom is 0.297 e. The normalized spacial score (nSPS) is 12.1. The van der Waals surface area contributed by atoms with Gasteiger partial charge in [0.05, 0.1) is 7.05 Å². The molecule has 0 atom stereocenters. The molecule has 0 aliphatic carbocycles. The first-order chi connectivity index (χ1) is 24.8. The Morgan fingerprint density at radius 3 is 1.86 bits per heavy atom. The Labute approximate surface area is 298 Å². The van der Waals surface area contributed by atoms with Gasteiger partial charge >= 0.3 is 0 Å². The fourth-order valence-electron chi connectivity index (χ4n) is 7.91. The summed E-state index contributed by atoms with van der Waals surface area (Å²) < 4.78 is 17.9. The summed E-state index contributed by atoms with van der Waals surface area (Å²) in [7, 11) is 2.14. The Balaban J connectivity index is 1.18. The van der Waals surface area contributed by atoms with Gasteiger partial charge in [-0.05, 0) is 83.0 Å². The molecule has 0 amide bonds. The van der Waals surface area contributed by atoms with Crippen LogP contribution in [0.4, 0.5) is 0 Å². The third kappa shape index (κ3) is 5.00. The highest BCUT2D eigenvalue weighted by molar-refractivity contribution is 6.11. The van der Waals surface area contributed by atoms with E-state index in [4.69, 9.17) is 8.83 Å². The molecule has 3 aromatic heterocycles. The number of rotatable bonds is 6. The van der Waals surface area contributed by atoms with Crippen LogP contribution in [0.25, 0.3) is 83.2 Å². The number of hydrogen-bond acceptors (Lipinski definition) is 2. The molecule has 0 spiro atoms. The van der Waals surface area contributed by atoms with E-state index in [0.717, 1.165) is 72.0 Å². The van der Waals surface area contributed by atoms with Gasteiger partial charge in [-0.1, -0.05) is 107 Å². The summed E-state index contributed by atoms with van der Waals surface area (Å²) >= 11 is 0. The Bertz CT molecular complexity index is 2750. The zero-order valence-electron chi connectivity index (χ0n) is 30.0. The van der Waals surface area contributed by atoms with E-state index in [-0.39, 0.29) is 0 Å². The van der Waals surface area contributed by atoms with E-state index in [1.54, 1.807) is 0 Å². The van der Waals surface area contributed by atoms with Crippen molar-refractivity contribution < 1.29 is 13.4 Å². The van der Waals surface area contributed by atoms with Gasteiger partial charge in [-0.15, -0.1) is 0 Å². The van der Waals surface area contributed by atoms with Gasteiger partial charge in [0.1, 0.15) is 40.4 Å². The molecule has 51 heavy (non-hydrogen) atoms. The first-order valence-electron chi connectivity index (χ1n) is 18.0. The molecule has 0 N–H and O–H groups in total. The summed E-state index contributed by atoms with van der Waals surface area (Å²) in [5, 5.41) is 4.47. The monoisotopic (exact) mass is 665 g/mol. The lowest BCUT2D eigenvalue weighted by Crippen LogP contribution is -2.29. The molecular formula is C47H41N2O2+. The molecule has 0 saturated carbocycles. The fourth-order valence-corrected chi connectivity index (χ4v) is 7.91.